The fraction of sp³-hybridized carbons (Fsp3) is 0.222. The molecule has 7 heteroatoms. The molecule has 0 atom stereocenters. The minimum Gasteiger partial charge on any atom is -0.497 e. The Balaban J connectivity index is 1.80. The molecule has 132 valence electrons. The van der Waals surface area contributed by atoms with Crippen molar-refractivity contribution in [2.45, 2.75) is 0 Å². The molecule has 2 aromatic carbocycles. The molecule has 0 aliphatic heterocycles. The summed E-state index contributed by atoms with van der Waals surface area (Å²) in [6, 6.07) is 12.3. The number of nitrogens with zero attached hydrogens (tertiary/aromatic N) is 1. The fourth-order valence-electron chi connectivity index (χ4n) is 1.99. The van der Waals surface area contributed by atoms with E-state index in [0.717, 1.165) is 0 Å². The van der Waals surface area contributed by atoms with E-state index in [1.807, 2.05) is 0 Å². The van der Waals surface area contributed by atoms with Gasteiger partial charge >= 0.3 is 0 Å². The molecule has 0 radical (unpaired) electrons. The van der Waals surface area contributed by atoms with Gasteiger partial charge in [0, 0.05) is 18.8 Å². The summed E-state index contributed by atoms with van der Waals surface area (Å²) in [5.74, 6) is -0.248. The molecule has 2 aromatic rings. The molecule has 0 spiro atoms. The average molecular weight is 346 g/mol. The Morgan fingerprint density at radius 2 is 1.84 bits per heavy atom. The highest BCUT2D eigenvalue weighted by Gasteiger charge is 2.14. The molecule has 25 heavy (non-hydrogen) atoms. The van der Waals surface area contributed by atoms with Gasteiger partial charge in [0.25, 0.3) is 5.91 Å². The lowest BCUT2D eigenvalue weighted by Gasteiger charge is -2.17. The molecule has 2 rings (SSSR count). The van der Waals surface area contributed by atoms with Crippen molar-refractivity contribution in [1.82, 2.24) is 4.90 Å². The molecule has 0 aliphatic carbocycles. The monoisotopic (exact) mass is 346 g/mol. The van der Waals surface area contributed by atoms with Crippen LogP contribution in [0.2, 0.25) is 0 Å². The Bertz CT molecular complexity index is 734. The molecule has 6 nitrogen and oxygen atoms in total. The second kappa shape index (κ2) is 8.68. The van der Waals surface area contributed by atoms with Crippen LogP contribution in [-0.4, -0.2) is 44.0 Å². The second-order valence-corrected chi connectivity index (χ2v) is 5.27. The highest BCUT2D eigenvalue weighted by atomic mass is 19.1. The molecule has 0 unspecified atom stereocenters. The van der Waals surface area contributed by atoms with E-state index < -0.39 is 11.7 Å². The van der Waals surface area contributed by atoms with Gasteiger partial charge in [-0.15, -0.1) is 0 Å². The van der Waals surface area contributed by atoms with E-state index in [4.69, 9.17) is 9.47 Å². The molecule has 0 heterocycles. The van der Waals surface area contributed by atoms with E-state index in [1.54, 1.807) is 37.4 Å². The number of ether oxygens (including phenoxy) is 2. The van der Waals surface area contributed by atoms with E-state index in [0.29, 0.717) is 11.4 Å². The molecular weight excluding hydrogens is 327 g/mol. The van der Waals surface area contributed by atoms with Gasteiger partial charge in [-0.25, -0.2) is 4.39 Å². The smallest absolute Gasteiger partial charge is 0.260 e. The number of rotatable bonds is 7. The van der Waals surface area contributed by atoms with Gasteiger partial charge in [-0.2, -0.15) is 0 Å². The van der Waals surface area contributed by atoms with Gasteiger partial charge < -0.3 is 19.7 Å². The minimum absolute atomic E-state index is 0.128. The van der Waals surface area contributed by atoms with Crippen LogP contribution in [0, 0.1) is 5.82 Å². The zero-order chi connectivity index (χ0) is 18.2. The Morgan fingerprint density at radius 1 is 1.12 bits per heavy atom. The van der Waals surface area contributed by atoms with Crippen molar-refractivity contribution in [1.29, 1.82) is 0 Å². The normalized spacial score (nSPS) is 10.0. The van der Waals surface area contributed by atoms with E-state index in [2.05, 4.69) is 5.32 Å². The Hall–Kier alpha value is -3.09. The van der Waals surface area contributed by atoms with Crippen LogP contribution in [0.1, 0.15) is 0 Å². The van der Waals surface area contributed by atoms with Crippen LogP contribution in [0.15, 0.2) is 48.5 Å². The van der Waals surface area contributed by atoms with Crippen molar-refractivity contribution in [3.63, 3.8) is 0 Å². The second-order valence-electron chi connectivity index (χ2n) is 5.27. The van der Waals surface area contributed by atoms with Crippen molar-refractivity contribution in [2.24, 2.45) is 0 Å². The standard InChI is InChI=1S/C18H19FN2O4/c1-21(18(23)12-25-16-5-3-4-13(19)10-16)11-17(22)20-14-6-8-15(24-2)9-7-14/h3-10H,11-12H2,1-2H3,(H,20,22). The molecule has 1 N–H and O–H groups in total. The van der Waals surface area contributed by atoms with E-state index >= 15 is 0 Å². The highest BCUT2D eigenvalue weighted by Crippen LogP contribution is 2.15. The Kier molecular flexibility index (Phi) is 6.33. The van der Waals surface area contributed by atoms with Crippen LogP contribution in [0.5, 0.6) is 11.5 Å². The van der Waals surface area contributed by atoms with Crippen molar-refractivity contribution >= 4 is 17.5 Å². The number of carbonyl (C=O) groups is 2. The molecule has 0 saturated heterocycles. The zero-order valence-corrected chi connectivity index (χ0v) is 14.0. The van der Waals surface area contributed by atoms with Crippen molar-refractivity contribution in [2.75, 3.05) is 32.6 Å². The fourth-order valence-corrected chi connectivity index (χ4v) is 1.99. The molecule has 0 aromatic heterocycles. The summed E-state index contributed by atoms with van der Waals surface area (Å²) in [6.07, 6.45) is 0. The van der Waals surface area contributed by atoms with Gasteiger partial charge in [0.2, 0.25) is 5.91 Å². The number of likely N-dealkylation sites (N-methyl/N-ethyl adjacent to an activating group) is 1. The first kappa shape index (κ1) is 18.3. The maximum absolute atomic E-state index is 13.0. The summed E-state index contributed by atoms with van der Waals surface area (Å²) in [5, 5.41) is 2.68. The van der Waals surface area contributed by atoms with Crippen LogP contribution < -0.4 is 14.8 Å². The molecule has 0 fully saturated rings. The number of anilines is 1. The number of carbonyl (C=O) groups excluding carboxylic acids is 2. The summed E-state index contributed by atoms with van der Waals surface area (Å²) < 4.78 is 23.3. The largest absolute Gasteiger partial charge is 0.497 e. The van der Waals surface area contributed by atoms with Crippen molar-refractivity contribution in [3.8, 4) is 11.5 Å². The van der Waals surface area contributed by atoms with Gasteiger partial charge in [-0.05, 0) is 36.4 Å². The molecule has 0 aliphatic rings. The third-order valence-electron chi connectivity index (χ3n) is 3.34. The molecule has 2 amide bonds. The first-order chi connectivity index (χ1) is 12.0. The predicted octanol–water partition coefficient (Wildman–Crippen LogP) is 2.31. The summed E-state index contributed by atoms with van der Waals surface area (Å²) in [4.78, 5) is 25.2. The quantitative estimate of drug-likeness (QED) is 0.835. The summed E-state index contributed by atoms with van der Waals surface area (Å²) >= 11 is 0. The topological polar surface area (TPSA) is 67.9 Å². The van der Waals surface area contributed by atoms with Gasteiger partial charge in [-0.1, -0.05) is 6.07 Å². The maximum atomic E-state index is 13.0. The van der Waals surface area contributed by atoms with Crippen molar-refractivity contribution in [3.05, 3.63) is 54.3 Å². The highest BCUT2D eigenvalue weighted by molar-refractivity contribution is 5.94. The minimum atomic E-state index is -0.447. The third kappa shape index (κ3) is 5.80. The summed E-state index contributed by atoms with van der Waals surface area (Å²) in [7, 11) is 3.05. The number of hydrogen-bond acceptors (Lipinski definition) is 4. The van der Waals surface area contributed by atoms with Crippen LogP contribution in [-0.2, 0) is 9.59 Å². The van der Waals surface area contributed by atoms with Crippen LogP contribution in [0.25, 0.3) is 0 Å². The van der Waals surface area contributed by atoms with Gasteiger partial charge in [-0.3, -0.25) is 9.59 Å². The number of amides is 2. The number of hydrogen-bond donors (Lipinski definition) is 1. The lowest BCUT2D eigenvalue weighted by Crippen LogP contribution is -2.37. The Morgan fingerprint density at radius 3 is 2.48 bits per heavy atom. The SMILES string of the molecule is COc1ccc(NC(=O)CN(C)C(=O)COc2cccc(F)c2)cc1. The van der Waals surface area contributed by atoms with E-state index in [1.165, 1.54) is 30.1 Å². The number of nitrogens with one attached hydrogen (secondary N) is 1. The third-order valence-corrected chi connectivity index (χ3v) is 3.34. The number of benzene rings is 2. The Labute approximate surface area is 145 Å². The van der Waals surface area contributed by atoms with Crippen LogP contribution >= 0.6 is 0 Å². The van der Waals surface area contributed by atoms with Crippen molar-refractivity contribution < 1.29 is 23.5 Å². The van der Waals surface area contributed by atoms with Crippen LogP contribution in [0.4, 0.5) is 10.1 Å². The lowest BCUT2D eigenvalue weighted by atomic mass is 10.3. The number of halogens is 1. The average Bonchev–Trinajstić information content (AvgIpc) is 2.60. The molecule has 0 bridgehead atoms. The molecular formula is C18H19FN2O4. The molecule has 0 saturated carbocycles. The first-order valence-electron chi connectivity index (χ1n) is 7.54. The first-order valence-corrected chi connectivity index (χ1v) is 7.54. The predicted molar refractivity (Wildman–Crippen MR) is 91.2 cm³/mol. The van der Waals surface area contributed by atoms with Gasteiger partial charge in [0.1, 0.15) is 17.3 Å². The zero-order valence-electron chi connectivity index (χ0n) is 14.0. The maximum Gasteiger partial charge on any atom is 0.260 e. The van der Waals surface area contributed by atoms with Crippen LogP contribution in [0.3, 0.4) is 0 Å². The summed E-state index contributed by atoms with van der Waals surface area (Å²) in [5.41, 5.74) is 0.600. The van der Waals surface area contributed by atoms with E-state index in [-0.39, 0.29) is 24.8 Å². The van der Waals surface area contributed by atoms with Gasteiger partial charge in [0.05, 0.1) is 13.7 Å². The summed E-state index contributed by atoms with van der Waals surface area (Å²) in [6.45, 7) is -0.410. The van der Waals surface area contributed by atoms with E-state index in [9.17, 15) is 14.0 Å². The van der Waals surface area contributed by atoms with Gasteiger partial charge in [0.15, 0.2) is 6.61 Å². The lowest BCUT2D eigenvalue weighted by molar-refractivity contribution is -0.135. The number of methoxy groups -OCH3 is 1.